The molecule has 0 spiro atoms. The lowest BCUT2D eigenvalue weighted by atomic mass is 9.77. The van der Waals surface area contributed by atoms with Crippen LogP contribution >= 0.6 is 0 Å². The predicted octanol–water partition coefficient (Wildman–Crippen LogP) is 3.18. The molecule has 4 atom stereocenters. The fraction of sp³-hybridized carbons (Fsp3) is 0.667. The van der Waals surface area contributed by atoms with Crippen molar-refractivity contribution in [3.8, 4) is 0 Å². The van der Waals surface area contributed by atoms with Crippen molar-refractivity contribution in [2.75, 3.05) is 27.3 Å². The van der Waals surface area contributed by atoms with E-state index in [1.165, 1.54) is 17.5 Å². The van der Waals surface area contributed by atoms with Crippen LogP contribution < -0.4 is 5.32 Å². The largest absolute Gasteiger partial charge is 0.383 e. The molecule has 1 aliphatic rings. The monoisotopic (exact) mass is 290 g/mol. The molecule has 21 heavy (non-hydrogen) atoms. The van der Waals surface area contributed by atoms with E-state index >= 15 is 0 Å². The summed E-state index contributed by atoms with van der Waals surface area (Å²) < 4.78 is 5.35. The Morgan fingerprint density at radius 1 is 1.33 bits per heavy atom. The quantitative estimate of drug-likeness (QED) is 0.871. The fourth-order valence-corrected chi connectivity index (χ4v) is 3.63. The van der Waals surface area contributed by atoms with Gasteiger partial charge in [-0.2, -0.15) is 0 Å². The topological polar surface area (TPSA) is 24.5 Å². The Bertz CT molecular complexity index is 449. The van der Waals surface area contributed by atoms with E-state index < -0.39 is 0 Å². The first-order valence-corrected chi connectivity index (χ1v) is 8.13. The molecule has 0 aliphatic heterocycles. The van der Waals surface area contributed by atoms with Crippen LogP contribution in [-0.4, -0.2) is 44.3 Å². The highest BCUT2D eigenvalue weighted by Gasteiger charge is 2.36. The van der Waals surface area contributed by atoms with E-state index in [0.29, 0.717) is 24.0 Å². The second-order valence-electron chi connectivity index (χ2n) is 6.34. The van der Waals surface area contributed by atoms with Gasteiger partial charge in [-0.3, -0.25) is 4.90 Å². The van der Waals surface area contributed by atoms with E-state index in [9.17, 15) is 0 Å². The Labute approximate surface area is 129 Å². The minimum absolute atomic E-state index is 0.409. The molecule has 0 saturated heterocycles. The van der Waals surface area contributed by atoms with Crippen LogP contribution in [-0.2, 0) is 4.74 Å². The molecule has 0 amide bonds. The first kappa shape index (κ1) is 16.5. The molecular weight excluding hydrogens is 260 g/mol. The standard InChI is InChI=1S/C18H30N2O/c1-6-19-18-16-10-8-7-9-15(16)13(2)11-17(18)20(4)14(3)12-21-5/h7-10,13-14,17-19H,6,11-12H2,1-5H3. The van der Waals surface area contributed by atoms with Crippen molar-refractivity contribution in [2.45, 2.75) is 51.2 Å². The summed E-state index contributed by atoms with van der Waals surface area (Å²) in [5, 5.41) is 3.71. The van der Waals surface area contributed by atoms with Gasteiger partial charge in [0.25, 0.3) is 0 Å². The third-order valence-electron chi connectivity index (χ3n) is 4.89. The maximum Gasteiger partial charge on any atom is 0.0615 e. The molecule has 0 heterocycles. The Balaban J connectivity index is 2.29. The summed E-state index contributed by atoms with van der Waals surface area (Å²) >= 11 is 0. The highest BCUT2D eigenvalue weighted by molar-refractivity contribution is 5.36. The number of rotatable bonds is 6. The molecule has 2 rings (SSSR count). The Hall–Kier alpha value is -0.900. The molecule has 0 radical (unpaired) electrons. The van der Waals surface area contributed by atoms with Gasteiger partial charge in [0.2, 0.25) is 0 Å². The van der Waals surface area contributed by atoms with Crippen LogP contribution in [0.25, 0.3) is 0 Å². The first-order valence-electron chi connectivity index (χ1n) is 8.13. The van der Waals surface area contributed by atoms with Crippen molar-refractivity contribution in [3.63, 3.8) is 0 Å². The molecule has 4 unspecified atom stereocenters. The number of hydrogen-bond acceptors (Lipinski definition) is 3. The Kier molecular flexibility index (Phi) is 5.80. The predicted molar refractivity (Wildman–Crippen MR) is 88.8 cm³/mol. The van der Waals surface area contributed by atoms with Gasteiger partial charge in [0, 0.05) is 25.2 Å². The van der Waals surface area contributed by atoms with Crippen molar-refractivity contribution in [3.05, 3.63) is 35.4 Å². The summed E-state index contributed by atoms with van der Waals surface area (Å²) in [5.74, 6) is 0.610. The molecule has 1 aromatic rings. The van der Waals surface area contributed by atoms with Gasteiger partial charge >= 0.3 is 0 Å². The summed E-state index contributed by atoms with van der Waals surface area (Å²) in [6, 6.07) is 10.3. The first-order chi connectivity index (χ1) is 10.1. The van der Waals surface area contributed by atoms with Gasteiger partial charge in [-0.1, -0.05) is 38.1 Å². The maximum absolute atomic E-state index is 5.35. The average Bonchev–Trinajstić information content (AvgIpc) is 2.49. The Morgan fingerprint density at radius 2 is 2.00 bits per heavy atom. The van der Waals surface area contributed by atoms with Crippen LogP contribution in [0.15, 0.2) is 24.3 Å². The van der Waals surface area contributed by atoms with Crippen LogP contribution in [0, 0.1) is 0 Å². The lowest BCUT2D eigenvalue weighted by Crippen LogP contribution is -2.50. The number of ether oxygens (including phenoxy) is 1. The molecule has 0 fully saturated rings. The zero-order valence-corrected chi connectivity index (χ0v) is 14.1. The molecule has 0 aromatic heterocycles. The third kappa shape index (κ3) is 3.47. The number of nitrogens with one attached hydrogen (secondary N) is 1. The van der Waals surface area contributed by atoms with Gasteiger partial charge in [0.05, 0.1) is 6.61 Å². The highest BCUT2D eigenvalue weighted by Crippen LogP contribution is 2.39. The summed E-state index contributed by atoms with van der Waals surface area (Å²) in [6.45, 7) is 8.56. The number of methoxy groups -OCH3 is 1. The highest BCUT2D eigenvalue weighted by atomic mass is 16.5. The van der Waals surface area contributed by atoms with Gasteiger partial charge in [0.1, 0.15) is 0 Å². The minimum atomic E-state index is 0.409. The van der Waals surface area contributed by atoms with E-state index in [0.717, 1.165) is 13.2 Å². The summed E-state index contributed by atoms with van der Waals surface area (Å²) in [6.07, 6.45) is 1.19. The summed E-state index contributed by atoms with van der Waals surface area (Å²) in [4.78, 5) is 2.49. The third-order valence-corrected chi connectivity index (χ3v) is 4.89. The van der Waals surface area contributed by atoms with Gasteiger partial charge < -0.3 is 10.1 Å². The second kappa shape index (κ2) is 7.39. The zero-order chi connectivity index (χ0) is 15.4. The molecule has 3 nitrogen and oxygen atoms in total. The molecule has 1 N–H and O–H groups in total. The van der Waals surface area contributed by atoms with E-state index in [1.54, 1.807) is 7.11 Å². The van der Waals surface area contributed by atoms with Gasteiger partial charge in [-0.05, 0) is 44.0 Å². The molecule has 3 heteroatoms. The molecule has 0 bridgehead atoms. The van der Waals surface area contributed by atoms with E-state index in [2.05, 4.69) is 62.3 Å². The molecule has 1 aromatic carbocycles. The van der Waals surface area contributed by atoms with E-state index in [1.807, 2.05) is 0 Å². The van der Waals surface area contributed by atoms with Crippen molar-refractivity contribution in [1.82, 2.24) is 10.2 Å². The summed E-state index contributed by atoms with van der Waals surface area (Å²) in [7, 11) is 4.02. The second-order valence-corrected chi connectivity index (χ2v) is 6.34. The smallest absolute Gasteiger partial charge is 0.0615 e. The van der Waals surface area contributed by atoms with Gasteiger partial charge in [0.15, 0.2) is 0 Å². The lowest BCUT2D eigenvalue weighted by Gasteiger charge is -2.44. The van der Waals surface area contributed by atoms with E-state index in [4.69, 9.17) is 4.74 Å². The van der Waals surface area contributed by atoms with E-state index in [-0.39, 0.29) is 0 Å². The molecule has 1 aliphatic carbocycles. The maximum atomic E-state index is 5.35. The van der Waals surface area contributed by atoms with Gasteiger partial charge in [-0.15, -0.1) is 0 Å². The zero-order valence-electron chi connectivity index (χ0n) is 14.1. The minimum Gasteiger partial charge on any atom is -0.383 e. The number of nitrogens with zero attached hydrogens (tertiary/aromatic N) is 1. The Morgan fingerprint density at radius 3 is 2.62 bits per heavy atom. The normalized spacial score (nSPS) is 26.7. The van der Waals surface area contributed by atoms with Crippen molar-refractivity contribution >= 4 is 0 Å². The number of fused-ring (bicyclic) bond motifs is 1. The van der Waals surface area contributed by atoms with Crippen LogP contribution in [0.5, 0.6) is 0 Å². The van der Waals surface area contributed by atoms with Crippen molar-refractivity contribution in [2.24, 2.45) is 0 Å². The lowest BCUT2D eigenvalue weighted by molar-refractivity contribution is 0.0654. The SMILES string of the molecule is CCNC1c2ccccc2C(C)CC1N(C)C(C)COC. The number of likely N-dealkylation sites (N-methyl/N-ethyl adjacent to an activating group) is 2. The van der Waals surface area contributed by atoms with Crippen molar-refractivity contribution < 1.29 is 4.74 Å². The number of benzene rings is 1. The van der Waals surface area contributed by atoms with Crippen LogP contribution in [0.1, 0.15) is 50.3 Å². The summed E-state index contributed by atoms with van der Waals surface area (Å²) in [5.41, 5.74) is 2.98. The molecule has 0 saturated carbocycles. The van der Waals surface area contributed by atoms with Crippen molar-refractivity contribution in [1.29, 1.82) is 0 Å². The molecular formula is C18H30N2O. The fourth-order valence-electron chi connectivity index (χ4n) is 3.63. The average molecular weight is 290 g/mol. The van der Waals surface area contributed by atoms with Crippen LogP contribution in [0.4, 0.5) is 0 Å². The number of hydrogen-bond donors (Lipinski definition) is 1. The van der Waals surface area contributed by atoms with Crippen LogP contribution in [0.3, 0.4) is 0 Å². The van der Waals surface area contributed by atoms with Gasteiger partial charge in [-0.25, -0.2) is 0 Å². The van der Waals surface area contributed by atoms with Crippen LogP contribution in [0.2, 0.25) is 0 Å². The molecule has 118 valence electrons.